The molecule has 0 heterocycles. The predicted molar refractivity (Wildman–Crippen MR) is 53.0 cm³/mol. The van der Waals surface area contributed by atoms with E-state index in [2.05, 4.69) is 5.32 Å². The number of carbonyl (C=O) groups excluding carboxylic acids is 1. The molecule has 0 aromatic heterocycles. The highest BCUT2D eigenvalue weighted by Gasteiger charge is 2.20. The van der Waals surface area contributed by atoms with Gasteiger partial charge in [0, 0.05) is 13.7 Å². The molecule has 14 heavy (non-hydrogen) atoms. The lowest BCUT2D eigenvalue weighted by molar-refractivity contribution is -0.142. The maximum absolute atomic E-state index is 11.1. The quantitative estimate of drug-likeness (QED) is 0.460. The number of hydrogen-bond donors (Lipinski definition) is 1. The second-order valence-electron chi connectivity index (χ2n) is 3.62. The van der Waals surface area contributed by atoms with Gasteiger partial charge in [0.1, 0.15) is 0 Å². The van der Waals surface area contributed by atoms with Crippen LogP contribution in [0.25, 0.3) is 0 Å². The van der Waals surface area contributed by atoms with Crippen molar-refractivity contribution < 1.29 is 14.3 Å². The molecule has 0 amide bonds. The average Bonchev–Trinajstić information content (AvgIpc) is 2.96. The van der Waals surface area contributed by atoms with Crippen LogP contribution < -0.4 is 5.32 Å². The summed E-state index contributed by atoms with van der Waals surface area (Å²) in [6.45, 7) is 2.17. The van der Waals surface area contributed by atoms with Crippen molar-refractivity contribution in [2.24, 2.45) is 5.92 Å². The number of hydrogen-bond acceptors (Lipinski definition) is 4. The van der Waals surface area contributed by atoms with Crippen molar-refractivity contribution in [3.63, 3.8) is 0 Å². The Morgan fingerprint density at radius 1 is 1.43 bits per heavy atom. The molecule has 0 radical (unpaired) electrons. The van der Waals surface area contributed by atoms with Gasteiger partial charge in [0.2, 0.25) is 0 Å². The van der Waals surface area contributed by atoms with Crippen molar-refractivity contribution >= 4 is 5.97 Å². The Morgan fingerprint density at radius 3 is 2.86 bits per heavy atom. The molecule has 0 saturated heterocycles. The first-order chi connectivity index (χ1) is 6.83. The second kappa shape index (κ2) is 6.79. The topological polar surface area (TPSA) is 47.6 Å². The fraction of sp³-hybridized carbons (Fsp3) is 0.900. The molecule has 4 nitrogen and oxygen atoms in total. The lowest BCUT2D eigenvalue weighted by Crippen LogP contribution is -2.27. The molecule has 1 rings (SSSR count). The van der Waals surface area contributed by atoms with Gasteiger partial charge in [-0.25, -0.2) is 0 Å². The third kappa shape index (κ3) is 5.94. The van der Waals surface area contributed by atoms with Gasteiger partial charge in [0.15, 0.2) is 0 Å². The minimum atomic E-state index is -0.165. The van der Waals surface area contributed by atoms with Gasteiger partial charge in [0.25, 0.3) is 0 Å². The summed E-state index contributed by atoms with van der Waals surface area (Å²) in [5.41, 5.74) is 0. The van der Waals surface area contributed by atoms with E-state index in [1.165, 1.54) is 12.8 Å². The number of carbonyl (C=O) groups is 1. The fourth-order valence-corrected chi connectivity index (χ4v) is 1.16. The molecule has 1 N–H and O–H groups in total. The zero-order valence-electron chi connectivity index (χ0n) is 8.75. The predicted octanol–water partition coefficient (Wildman–Crippen LogP) is 0.566. The Bertz CT molecular complexity index is 169. The molecular weight excluding hydrogens is 182 g/mol. The van der Waals surface area contributed by atoms with Gasteiger partial charge < -0.3 is 14.8 Å². The summed E-state index contributed by atoms with van der Waals surface area (Å²) >= 11 is 0. The molecule has 0 aromatic rings. The summed E-state index contributed by atoms with van der Waals surface area (Å²) in [6.07, 6.45) is 3.65. The van der Waals surface area contributed by atoms with Crippen LogP contribution in [0.4, 0.5) is 0 Å². The second-order valence-corrected chi connectivity index (χ2v) is 3.62. The van der Waals surface area contributed by atoms with Gasteiger partial charge >= 0.3 is 5.97 Å². The maximum atomic E-state index is 11.1. The molecule has 4 heteroatoms. The van der Waals surface area contributed by atoms with Crippen LogP contribution in [0.5, 0.6) is 0 Å². The third-order valence-corrected chi connectivity index (χ3v) is 2.24. The van der Waals surface area contributed by atoms with E-state index >= 15 is 0 Å². The Kier molecular flexibility index (Phi) is 5.56. The molecule has 1 saturated carbocycles. The molecule has 1 aliphatic carbocycles. The molecule has 0 atom stereocenters. The van der Waals surface area contributed by atoms with Crippen LogP contribution in [0.3, 0.4) is 0 Å². The van der Waals surface area contributed by atoms with Crippen molar-refractivity contribution in [2.75, 3.05) is 33.4 Å². The molecular formula is C10H19NO3. The van der Waals surface area contributed by atoms with E-state index in [1.54, 1.807) is 7.11 Å². The SMILES string of the molecule is COCCNCC(=O)OCCC1CC1. The van der Waals surface area contributed by atoms with Crippen molar-refractivity contribution in [2.45, 2.75) is 19.3 Å². The summed E-state index contributed by atoms with van der Waals surface area (Å²) in [4.78, 5) is 11.1. The van der Waals surface area contributed by atoms with Crippen molar-refractivity contribution in [3.8, 4) is 0 Å². The number of rotatable bonds is 8. The Labute approximate surface area is 85.0 Å². The van der Waals surface area contributed by atoms with Gasteiger partial charge in [-0.2, -0.15) is 0 Å². The van der Waals surface area contributed by atoms with Crippen LogP contribution in [0.1, 0.15) is 19.3 Å². The van der Waals surface area contributed by atoms with Crippen LogP contribution in [-0.4, -0.2) is 39.4 Å². The van der Waals surface area contributed by atoms with Crippen LogP contribution in [0.15, 0.2) is 0 Å². The minimum absolute atomic E-state index is 0.165. The summed E-state index contributed by atoms with van der Waals surface area (Å²) < 4.78 is 9.86. The molecule has 0 unspecified atom stereocenters. The Hall–Kier alpha value is -0.610. The number of esters is 1. The smallest absolute Gasteiger partial charge is 0.319 e. The Morgan fingerprint density at radius 2 is 2.21 bits per heavy atom. The van der Waals surface area contributed by atoms with E-state index in [9.17, 15) is 4.79 Å². The lowest BCUT2D eigenvalue weighted by atomic mass is 10.3. The zero-order chi connectivity index (χ0) is 10.2. The number of methoxy groups -OCH3 is 1. The number of ether oxygens (including phenoxy) is 2. The lowest BCUT2D eigenvalue weighted by Gasteiger charge is -2.05. The summed E-state index contributed by atoms with van der Waals surface area (Å²) in [7, 11) is 1.63. The fourth-order valence-electron chi connectivity index (χ4n) is 1.16. The van der Waals surface area contributed by atoms with Gasteiger partial charge in [-0.15, -0.1) is 0 Å². The van der Waals surface area contributed by atoms with Gasteiger partial charge in [-0.1, -0.05) is 12.8 Å². The first-order valence-electron chi connectivity index (χ1n) is 5.18. The first-order valence-corrected chi connectivity index (χ1v) is 5.18. The summed E-state index contributed by atoms with van der Waals surface area (Å²) in [6, 6.07) is 0. The minimum Gasteiger partial charge on any atom is -0.465 e. The van der Waals surface area contributed by atoms with E-state index in [1.807, 2.05) is 0 Å². The molecule has 0 aromatic carbocycles. The third-order valence-electron chi connectivity index (χ3n) is 2.24. The van der Waals surface area contributed by atoms with Gasteiger partial charge in [-0.05, 0) is 12.3 Å². The van der Waals surface area contributed by atoms with Crippen LogP contribution in [0, 0.1) is 5.92 Å². The average molecular weight is 201 g/mol. The van der Waals surface area contributed by atoms with Crippen molar-refractivity contribution in [3.05, 3.63) is 0 Å². The van der Waals surface area contributed by atoms with Crippen LogP contribution >= 0.6 is 0 Å². The van der Waals surface area contributed by atoms with E-state index in [0.29, 0.717) is 19.8 Å². The van der Waals surface area contributed by atoms with E-state index in [-0.39, 0.29) is 12.5 Å². The largest absolute Gasteiger partial charge is 0.465 e. The normalized spacial score (nSPS) is 15.5. The first kappa shape index (κ1) is 11.5. The monoisotopic (exact) mass is 201 g/mol. The van der Waals surface area contributed by atoms with Gasteiger partial charge in [-0.3, -0.25) is 4.79 Å². The van der Waals surface area contributed by atoms with Crippen molar-refractivity contribution in [1.82, 2.24) is 5.32 Å². The van der Waals surface area contributed by atoms with Crippen LogP contribution in [0.2, 0.25) is 0 Å². The summed E-state index contributed by atoms with van der Waals surface area (Å²) in [5.74, 6) is 0.658. The molecule has 1 fully saturated rings. The van der Waals surface area contributed by atoms with Crippen molar-refractivity contribution in [1.29, 1.82) is 0 Å². The van der Waals surface area contributed by atoms with E-state index < -0.39 is 0 Å². The molecule has 0 bridgehead atoms. The van der Waals surface area contributed by atoms with E-state index in [4.69, 9.17) is 9.47 Å². The van der Waals surface area contributed by atoms with Gasteiger partial charge in [0.05, 0.1) is 19.8 Å². The molecule has 82 valence electrons. The highest BCUT2D eigenvalue weighted by atomic mass is 16.5. The highest BCUT2D eigenvalue weighted by molar-refractivity contribution is 5.71. The molecule has 0 spiro atoms. The standard InChI is InChI=1S/C10H19NO3/c1-13-7-5-11-8-10(12)14-6-4-9-2-3-9/h9,11H,2-8H2,1H3. The summed E-state index contributed by atoms with van der Waals surface area (Å²) in [5, 5.41) is 2.94. The molecule has 0 aliphatic heterocycles. The van der Waals surface area contributed by atoms with E-state index in [0.717, 1.165) is 12.3 Å². The number of nitrogens with one attached hydrogen (secondary N) is 1. The Balaban J connectivity index is 1.82. The zero-order valence-corrected chi connectivity index (χ0v) is 8.75. The van der Waals surface area contributed by atoms with Crippen LogP contribution in [-0.2, 0) is 14.3 Å². The highest BCUT2D eigenvalue weighted by Crippen LogP contribution is 2.31. The maximum Gasteiger partial charge on any atom is 0.319 e. The molecule has 1 aliphatic rings.